The molecule has 0 aromatic carbocycles. The normalized spacial score (nSPS) is 16.1. The van der Waals surface area contributed by atoms with Gasteiger partial charge in [0.15, 0.2) is 0 Å². The average Bonchev–Trinajstić information content (AvgIpc) is 1.96. The summed E-state index contributed by atoms with van der Waals surface area (Å²) in [4.78, 5) is 11.3. The first-order valence-electron chi connectivity index (χ1n) is 4.74. The van der Waals surface area contributed by atoms with E-state index >= 15 is 0 Å². The Labute approximate surface area is 90.2 Å². The van der Waals surface area contributed by atoms with E-state index in [4.69, 9.17) is 4.74 Å². The Morgan fingerprint density at radius 3 is 2.29 bits per heavy atom. The lowest BCUT2D eigenvalue weighted by Crippen LogP contribution is -2.26. The van der Waals surface area contributed by atoms with Gasteiger partial charge in [-0.2, -0.15) is 0 Å². The Morgan fingerprint density at radius 2 is 1.93 bits per heavy atom. The fourth-order valence-corrected chi connectivity index (χ4v) is 1.45. The smallest absolute Gasteiger partial charge is 0.316 e. The molecule has 3 nitrogen and oxygen atoms in total. The van der Waals surface area contributed by atoms with Crippen LogP contribution in [0.15, 0.2) is 0 Å². The number of aliphatic hydroxyl groups is 1. The van der Waals surface area contributed by atoms with Gasteiger partial charge in [0.1, 0.15) is 5.60 Å². The summed E-state index contributed by atoms with van der Waals surface area (Å²) in [6.07, 6.45) is -0.401. The topological polar surface area (TPSA) is 46.5 Å². The second-order valence-corrected chi connectivity index (χ2v) is 5.71. The highest BCUT2D eigenvalue weighted by Gasteiger charge is 2.18. The summed E-state index contributed by atoms with van der Waals surface area (Å²) < 4.78 is 5.13. The molecule has 0 amide bonds. The molecule has 0 aliphatic carbocycles. The molecular formula is C10H20O3S. The predicted molar refractivity (Wildman–Crippen MR) is 59.4 cm³/mol. The number of carbonyl (C=O) groups excluding carboxylic acids is 1. The van der Waals surface area contributed by atoms with E-state index in [-0.39, 0.29) is 11.2 Å². The summed E-state index contributed by atoms with van der Waals surface area (Å²) in [6.45, 7) is 9.13. The number of hydrogen-bond donors (Lipinski definition) is 1. The van der Waals surface area contributed by atoms with Crippen molar-refractivity contribution >= 4 is 17.7 Å². The van der Waals surface area contributed by atoms with E-state index in [1.54, 1.807) is 6.92 Å². The third-order valence-electron chi connectivity index (χ3n) is 1.56. The van der Waals surface area contributed by atoms with Crippen molar-refractivity contribution in [3.63, 3.8) is 0 Å². The molecule has 0 aromatic heterocycles. The third kappa shape index (κ3) is 7.21. The zero-order valence-electron chi connectivity index (χ0n) is 9.53. The van der Waals surface area contributed by atoms with Crippen LogP contribution in [0.25, 0.3) is 0 Å². The van der Waals surface area contributed by atoms with Crippen LogP contribution in [0.1, 0.15) is 34.6 Å². The van der Waals surface area contributed by atoms with Gasteiger partial charge in [0.05, 0.1) is 11.9 Å². The summed E-state index contributed by atoms with van der Waals surface area (Å²) in [5, 5.41) is 9.25. The molecule has 0 spiro atoms. The van der Waals surface area contributed by atoms with Crippen molar-refractivity contribution in [2.45, 2.75) is 51.6 Å². The number of carbonyl (C=O) groups is 1. The van der Waals surface area contributed by atoms with E-state index in [1.165, 1.54) is 11.8 Å². The molecule has 0 aromatic rings. The maximum atomic E-state index is 11.3. The Kier molecular flexibility index (Phi) is 5.52. The standard InChI is InChI=1S/C10H20O3S/c1-7(11)8(2)14-6-9(12)13-10(3,4)5/h7-8,11H,6H2,1-5H3. The molecule has 0 fully saturated rings. The number of esters is 1. The summed E-state index contributed by atoms with van der Waals surface area (Å²) >= 11 is 1.41. The Hall–Kier alpha value is -0.220. The second-order valence-electron chi connectivity index (χ2n) is 4.34. The maximum Gasteiger partial charge on any atom is 0.316 e. The highest BCUT2D eigenvalue weighted by atomic mass is 32.2. The largest absolute Gasteiger partial charge is 0.459 e. The molecule has 0 bridgehead atoms. The van der Waals surface area contributed by atoms with Crippen molar-refractivity contribution in [3.8, 4) is 0 Å². The molecule has 2 atom stereocenters. The molecule has 0 heterocycles. The molecule has 2 unspecified atom stereocenters. The Balaban J connectivity index is 3.75. The molecule has 14 heavy (non-hydrogen) atoms. The zero-order valence-corrected chi connectivity index (χ0v) is 10.4. The van der Waals surface area contributed by atoms with Crippen molar-refractivity contribution in [2.75, 3.05) is 5.75 Å². The second kappa shape index (κ2) is 5.61. The van der Waals surface area contributed by atoms with Crippen molar-refractivity contribution < 1.29 is 14.6 Å². The maximum absolute atomic E-state index is 11.3. The number of hydrogen-bond acceptors (Lipinski definition) is 4. The molecule has 0 saturated heterocycles. The first-order chi connectivity index (χ1) is 6.22. The average molecular weight is 220 g/mol. The highest BCUT2D eigenvalue weighted by Crippen LogP contribution is 2.16. The third-order valence-corrected chi connectivity index (χ3v) is 2.89. The van der Waals surface area contributed by atoms with Crippen molar-refractivity contribution in [1.29, 1.82) is 0 Å². The summed E-state index contributed by atoms with van der Waals surface area (Å²) in [5.74, 6) is 0.0681. The monoisotopic (exact) mass is 220 g/mol. The number of thioether (sulfide) groups is 1. The predicted octanol–water partition coefficient (Wildman–Crippen LogP) is 1.83. The van der Waals surface area contributed by atoms with Crippen LogP contribution < -0.4 is 0 Å². The molecule has 0 aliphatic heterocycles. The minimum absolute atomic E-state index is 0.0579. The van der Waals surface area contributed by atoms with Crippen LogP contribution in [0.4, 0.5) is 0 Å². The number of rotatable bonds is 4. The summed E-state index contributed by atoms with van der Waals surface area (Å²) in [6, 6.07) is 0. The van der Waals surface area contributed by atoms with Gasteiger partial charge in [-0.15, -0.1) is 11.8 Å². The van der Waals surface area contributed by atoms with Gasteiger partial charge in [-0.05, 0) is 27.7 Å². The molecular weight excluding hydrogens is 200 g/mol. The lowest BCUT2D eigenvalue weighted by Gasteiger charge is -2.20. The quantitative estimate of drug-likeness (QED) is 0.734. The van der Waals surface area contributed by atoms with Gasteiger partial charge in [-0.3, -0.25) is 4.79 Å². The van der Waals surface area contributed by atoms with E-state index in [9.17, 15) is 9.90 Å². The van der Waals surface area contributed by atoms with E-state index in [0.717, 1.165) is 0 Å². The Bertz CT molecular complexity index is 184. The van der Waals surface area contributed by atoms with Crippen LogP contribution in [0.3, 0.4) is 0 Å². The van der Waals surface area contributed by atoms with Crippen molar-refractivity contribution in [3.05, 3.63) is 0 Å². The van der Waals surface area contributed by atoms with Crippen LogP contribution in [-0.4, -0.2) is 33.8 Å². The Morgan fingerprint density at radius 1 is 1.43 bits per heavy atom. The van der Waals surface area contributed by atoms with E-state index < -0.39 is 11.7 Å². The van der Waals surface area contributed by atoms with Gasteiger partial charge in [0.2, 0.25) is 0 Å². The number of aliphatic hydroxyl groups excluding tert-OH is 1. The van der Waals surface area contributed by atoms with E-state index in [1.807, 2.05) is 27.7 Å². The number of ether oxygens (including phenoxy) is 1. The van der Waals surface area contributed by atoms with Crippen LogP contribution in [-0.2, 0) is 9.53 Å². The molecule has 0 radical (unpaired) electrons. The minimum Gasteiger partial charge on any atom is -0.459 e. The van der Waals surface area contributed by atoms with Crippen LogP contribution in [0.2, 0.25) is 0 Å². The summed E-state index contributed by atoms with van der Waals surface area (Å²) in [5.41, 5.74) is -0.425. The van der Waals surface area contributed by atoms with Gasteiger partial charge < -0.3 is 9.84 Å². The fraction of sp³-hybridized carbons (Fsp3) is 0.900. The van der Waals surface area contributed by atoms with Gasteiger partial charge >= 0.3 is 5.97 Å². The molecule has 0 saturated carbocycles. The lowest BCUT2D eigenvalue weighted by molar-refractivity contribution is -0.151. The van der Waals surface area contributed by atoms with E-state index in [0.29, 0.717) is 5.75 Å². The van der Waals surface area contributed by atoms with Crippen molar-refractivity contribution in [1.82, 2.24) is 0 Å². The first kappa shape index (κ1) is 13.8. The molecule has 0 rings (SSSR count). The summed E-state index contributed by atoms with van der Waals surface area (Å²) in [7, 11) is 0. The van der Waals surface area contributed by atoms with Crippen LogP contribution in [0, 0.1) is 0 Å². The fourth-order valence-electron chi connectivity index (χ4n) is 0.710. The minimum atomic E-state index is -0.425. The van der Waals surface area contributed by atoms with Gasteiger partial charge in [0.25, 0.3) is 0 Å². The molecule has 0 aliphatic rings. The molecule has 84 valence electrons. The zero-order chi connectivity index (χ0) is 11.4. The highest BCUT2D eigenvalue weighted by molar-refractivity contribution is 8.00. The molecule has 1 N–H and O–H groups in total. The SMILES string of the molecule is CC(O)C(C)SCC(=O)OC(C)(C)C. The molecule has 4 heteroatoms. The lowest BCUT2D eigenvalue weighted by atomic mass is 10.2. The van der Waals surface area contributed by atoms with Gasteiger partial charge in [0, 0.05) is 5.25 Å². The van der Waals surface area contributed by atoms with Crippen LogP contribution >= 0.6 is 11.8 Å². The van der Waals surface area contributed by atoms with Gasteiger partial charge in [-0.25, -0.2) is 0 Å². The van der Waals surface area contributed by atoms with Crippen LogP contribution in [0.5, 0.6) is 0 Å². The first-order valence-corrected chi connectivity index (χ1v) is 5.79. The van der Waals surface area contributed by atoms with Gasteiger partial charge in [-0.1, -0.05) is 6.92 Å². The van der Waals surface area contributed by atoms with Crippen molar-refractivity contribution in [2.24, 2.45) is 0 Å². The van der Waals surface area contributed by atoms with E-state index in [2.05, 4.69) is 0 Å².